The largest absolute Gasteiger partial charge is 0.478 e. The van der Waals surface area contributed by atoms with Crippen LogP contribution in [0.25, 0.3) is 0 Å². The SMILES string of the molecule is Cc1cc(C(=O)O)ccc1Oc1cc(Cl)ccc1Cl. The highest BCUT2D eigenvalue weighted by molar-refractivity contribution is 6.34. The van der Waals surface area contributed by atoms with Gasteiger partial charge in [0.15, 0.2) is 0 Å². The van der Waals surface area contributed by atoms with Crippen molar-refractivity contribution >= 4 is 29.2 Å². The minimum Gasteiger partial charge on any atom is -0.478 e. The van der Waals surface area contributed by atoms with Crippen molar-refractivity contribution in [2.45, 2.75) is 6.92 Å². The van der Waals surface area contributed by atoms with E-state index in [0.717, 1.165) is 0 Å². The molecule has 0 atom stereocenters. The van der Waals surface area contributed by atoms with Gasteiger partial charge < -0.3 is 9.84 Å². The zero-order valence-electron chi connectivity index (χ0n) is 9.98. The van der Waals surface area contributed by atoms with Gasteiger partial charge in [-0.1, -0.05) is 23.2 Å². The van der Waals surface area contributed by atoms with Crippen LogP contribution in [0.3, 0.4) is 0 Å². The Morgan fingerprint density at radius 3 is 2.47 bits per heavy atom. The van der Waals surface area contributed by atoms with Gasteiger partial charge in [-0.2, -0.15) is 0 Å². The highest BCUT2D eigenvalue weighted by Crippen LogP contribution is 2.33. The third-order valence-electron chi connectivity index (χ3n) is 2.54. The number of halogens is 2. The second-order valence-corrected chi connectivity index (χ2v) is 4.81. The van der Waals surface area contributed by atoms with Crippen LogP contribution in [0.1, 0.15) is 15.9 Å². The highest BCUT2D eigenvalue weighted by Gasteiger charge is 2.09. The summed E-state index contributed by atoms with van der Waals surface area (Å²) in [6.45, 7) is 1.76. The third-order valence-corrected chi connectivity index (χ3v) is 3.08. The fourth-order valence-electron chi connectivity index (χ4n) is 1.57. The molecule has 0 aliphatic carbocycles. The summed E-state index contributed by atoms with van der Waals surface area (Å²) in [6, 6.07) is 9.51. The van der Waals surface area contributed by atoms with Gasteiger partial charge in [0, 0.05) is 11.1 Å². The molecular formula is C14H10Cl2O3. The van der Waals surface area contributed by atoms with Gasteiger partial charge >= 0.3 is 5.97 Å². The predicted octanol–water partition coefficient (Wildman–Crippen LogP) is 4.79. The van der Waals surface area contributed by atoms with Crippen LogP contribution in [0.5, 0.6) is 11.5 Å². The van der Waals surface area contributed by atoms with Crippen LogP contribution >= 0.6 is 23.2 Å². The number of aryl methyl sites for hydroxylation is 1. The van der Waals surface area contributed by atoms with E-state index in [4.69, 9.17) is 33.0 Å². The van der Waals surface area contributed by atoms with Crippen molar-refractivity contribution in [2.75, 3.05) is 0 Å². The van der Waals surface area contributed by atoms with Gasteiger partial charge in [0.1, 0.15) is 11.5 Å². The topological polar surface area (TPSA) is 46.5 Å². The molecule has 0 aliphatic heterocycles. The van der Waals surface area contributed by atoms with Crippen LogP contribution in [0.15, 0.2) is 36.4 Å². The van der Waals surface area contributed by atoms with Crippen molar-refractivity contribution < 1.29 is 14.6 Å². The molecule has 0 aliphatic rings. The number of carboxylic acid groups (broad SMARTS) is 1. The standard InChI is InChI=1S/C14H10Cl2O3/c1-8-6-9(14(17)18)2-5-12(8)19-13-7-10(15)3-4-11(13)16/h2-7H,1H3,(H,17,18). The zero-order chi connectivity index (χ0) is 14.0. The van der Waals surface area contributed by atoms with Gasteiger partial charge in [-0.05, 0) is 42.8 Å². The van der Waals surface area contributed by atoms with Crippen molar-refractivity contribution in [2.24, 2.45) is 0 Å². The lowest BCUT2D eigenvalue weighted by Crippen LogP contribution is -1.97. The molecule has 0 unspecified atom stereocenters. The summed E-state index contributed by atoms with van der Waals surface area (Å²) in [4.78, 5) is 10.8. The van der Waals surface area contributed by atoms with Crippen molar-refractivity contribution in [3.63, 3.8) is 0 Å². The molecule has 3 nitrogen and oxygen atoms in total. The molecule has 0 radical (unpaired) electrons. The van der Waals surface area contributed by atoms with E-state index in [1.165, 1.54) is 12.1 Å². The van der Waals surface area contributed by atoms with E-state index in [2.05, 4.69) is 0 Å². The summed E-state index contributed by atoms with van der Waals surface area (Å²) >= 11 is 11.9. The smallest absolute Gasteiger partial charge is 0.335 e. The minimum absolute atomic E-state index is 0.210. The molecular weight excluding hydrogens is 287 g/mol. The van der Waals surface area contributed by atoms with Crippen molar-refractivity contribution in [3.8, 4) is 11.5 Å². The van der Waals surface area contributed by atoms with Crippen LogP contribution in [0.2, 0.25) is 10.0 Å². The van der Waals surface area contributed by atoms with E-state index >= 15 is 0 Å². The van der Waals surface area contributed by atoms with Crippen LogP contribution in [-0.2, 0) is 0 Å². The van der Waals surface area contributed by atoms with Crippen LogP contribution < -0.4 is 4.74 Å². The number of carboxylic acids is 1. The first-order chi connectivity index (χ1) is 8.97. The Morgan fingerprint density at radius 1 is 1.11 bits per heavy atom. The molecule has 0 spiro atoms. The van der Waals surface area contributed by atoms with E-state index in [1.54, 1.807) is 31.2 Å². The molecule has 0 heterocycles. The Labute approximate surface area is 120 Å². The summed E-state index contributed by atoms with van der Waals surface area (Å²) in [7, 11) is 0. The fourth-order valence-corrected chi connectivity index (χ4v) is 1.89. The van der Waals surface area contributed by atoms with E-state index < -0.39 is 5.97 Å². The summed E-state index contributed by atoms with van der Waals surface area (Å²) in [5.41, 5.74) is 0.915. The molecule has 2 aromatic carbocycles. The third kappa shape index (κ3) is 3.19. The molecule has 0 aromatic heterocycles. The molecule has 0 saturated heterocycles. The van der Waals surface area contributed by atoms with Crippen molar-refractivity contribution in [3.05, 3.63) is 57.6 Å². The lowest BCUT2D eigenvalue weighted by molar-refractivity contribution is 0.0697. The number of hydrogen-bond donors (Lipinski definition) is 1. The monoisotopic (exact) mass is 296 g/mol. The Kier molecular flexibility index (Phi) is 3.98. The summed E-state index contributed by atoms with van der Waals surface area (Å²) < 4.78 is 5.65. The lowest BCUT2D eigenvalue weighted by Gasteiger charge is -2.11. The number of carbonyl (C=O) groups is 1. The predicted molar refractivity (Wildman–Crippen MR) is 74.7 cm³/mol. The van der Waals surface area contributed by atoms with Gasteiger partial charge in [0.05, 0.1) is 10.6 Å². The molecule has 0 fully saturated rings. The van der Waals surface area contributed by atoms with Gasteiger partial charge in [-0.3, -0.25) is 0 Å². The maximum Gasteiger partial charge on any atom is 0.335 e. The highest BCUT2D eigenvalue weighted by atomic mass is 35.5. The van der Waals surface area contributed by atoms with Crippen LogP contribution in [0, 0.1) is 6.92 Å². The molecule has 0 amide bonds. The zero-order valence-corrected chi connectivity index (χ0v) is 11.5. The van der Waals surface area contributed by atoms with Gasteiger partial charge in [-0.25, -0.2) is 4.79 Å². The van der Waals surface area contributed by atoms with Gasteiger partial charge in [-0.15, -0.1) is 0 Å². The molecule has 19 heavy (non-hydrogen) atoms. The van der Waals surface area contributed by atoms with Gasteiger partial charge in [0.25, 0.3) is 0 Å². The Balaban J connectivity index is 2.33. The number of ether oxygens (including phenoxy) is 1. The summed E-state index contributed by atoms with van der Waals surface area (Å²) in [5, 5.41) is 9.84. The van der Waals surface area contributed by atoms with E-state index in [-0.39, 0.29) is 5.56 Å². The molecule has 1 N–H and O–H groups in total. The Hall–Kier alpha value is -1.71. The van der Waals surface area contributed by atoms with Crippen LogP contribution in [0.4, 0.5) is 0 Å². The second-order valence-electron chi connectivity index (χ2n) is 3.96. The molecule has 0 bridgehead atoms. The normalized spacial score (nSPS) is 10.3. The number of rotatable bonds is 3. The Bertz CT molecular complexity index is 639. The first-order valence-corrected chi connectivity index (χ1v) is 6.20. The first-order valence-electron chi connectivity index (χ1n) is 5.44. The van der Waals surface area contributed by atoms with E-state index in [1.807, 2.05) is 0 Å². The number of benzene rings is 2. The van der Waals surface area contributed by atoms with Gasteiger partial charge in [0.2, 0.25) is 0 Å². The van der Waals surface area contributed by atoms with Crippen molar-refractivity contribution in [1.82, 2.24) is 0 Å². The number of hydrogen-bond acceptors (Lipinski definition) is 2. The lowest BCUT2D eigenvalue weighted by atomic mass is 10.1. The molecule has 98 valence electrons. The summed E-state index contributed by atoms with van der Waals surface area (Å²) in [5.74, 6) is -0.00931. The van der Waals surface area contributed by atoms with Crippen molar-refractivity contribution in [1.29, 1.82) is 0 Å². The average Bonchev–Trinajstić information content (AvgIpc) is 2.36. The molecule has 2 rings (SSSR count). The summed E-state index contributed by atoms with van der Waals surface area (Å²) in [6.07, 6.45) is 0. The molecule has 5 heteroatoms. The number of aromatic carboxylic acids is 1. The van der Waals surface area contributed by atoms with E-state index in [9.17, 15) is 4.79 Å². The molecule has 2 aromatic rings. The maximum atomic E-state index is 10.8. The fraction of sp³-hybridized carbons (Fsp3) is 0.0714. The second kappa shape index (κ2) is 5.51. The quantitative estimate of drug-likeness (QED) is 0.885. The maximum absolute atomic E-state index is 10.8. The molecule has 0 saturated carbocycles. The van der Waals surface area contributed by atoms with Crippen LogP contribution in [-0.4, -0.2) is 11.1 Å². The Morgan fingerprint density at radius 2 is 1.84 bits per heavy atom. The average molecular weight is 297 g/mol. The van der Waals surface area contributed by atoms with E-state index in [0.29, 0.717) is 27.1 Å². The first kappa shape index (κ1) is 13.7. The minimum atomic E-state index is -0.976.